The number of hydrogen-bond donors (Lipinski definition) is 0. The Morgan fingerprint density at radius 3 is 2.27 bits per heavy atom. The molecule has 3 heteroatoms. The highest BCUT2D eigenvalue weighted by atomic mass is 32.1. The molecule has 0 fully saturated rings. The molecule has 0 amide bonds. The lowest BCUT2D eigenvalue weighted by atomic mass is 9.87. The van der Waals surface area contributed by atoms with E-state index in [9.17, 15) is 0 Å². The highest BCUT2D eigenvalue weighted by Crippen LogP contribution is 2.46. The van der Waals surface area contributed by atoms with Crippen LogP contribution in [0.1, 0.15) is 42.4 Å². The second kappa shape index (κ2) is 7.18. The maximum atomic E-state index is 6.74. The fourth-order valence-corrected chi connectivity index (χ4v) is 4.53. The summed E-state index contributed by atoms with van der Waals surface area (Å²) in [6.45, 7) is 4.38. The molecule has 3 atom stereocenters. The molecule has 3 aromatic rings. The third kappa shape index (κ3) is 3.02. The summed E-state index contributed by atoms with van der Waals surface area (Å²) >= 11 is 1.76. The van der Waals surface area contributed by atoms with E-state index in [-0.39, 0.29) is 12.0 Å². The molecule has 2 nitrogen and oxygen atoms in total. The first kappa shape index (κ1) is 17.2. The summed E-state index contributed by atoms with van der Waals surface area (Å²) in [5, 5.41) is 2.12. The van der Waals surface area contributed by atoms with E-state index in [0.717, 1.165) is 17.7 Å². The molecule has 0 saturated heterocycles. The van der Waals surface area contributed by atoms with Gasteiger partial charge >= 0.3 is 0 Å². The molecule has 0 aliphatic carbocycles. The van der Waals surface area contributed by atoms with E-state index in [4.69, 9.17) is 9.73 Å². The molecule has 1 aliphatic heterocycles. The Balaban J connectivity index is 1.89. The Bertz CT molecular complexity index is 873. The molecule has 0 saturated carbocycles. The van der Waals surface area contributed by atoms with Crippen LogP contribution in [0.25, 0.3) is 0 Å². The van der Waals surface area contributed by atoms with Crippen LogP contribution in [-0.4, -0.2) is 5.71 Å². The van der Waals surface area contributed by atoms with E-state index >= 15 is 0 Å². The minimum absolute atomic E-state index is 0.00265. The van der Waals surface area contributed by atoms with Crippen molar-refractivity contribution in [2.45, 2.75) is 32.1 Å². The van der Waals surface area contributed by atoms with Gasteiger partial charge in [0.2, 0.25) is 0 Å². The van der Waals surface area contributed by atoms with Crippen molar-refractivity contribution < 1.29 is 4.74 Å². The van der Waals surface area contributed by atoms with Gasteiger partial charge in [0, 0.05) is 16.4 Å². The predicted molar refractivity (Wildman–Crippen MR) is 109 cm³/mol. The second-order valence-corrected chi connectivity index (χ2v) is 7.69. The van der Waals surface area contributed by atoms with Gasteiger partial charge in [-0.05, 0) is 23.4 Å². The number of nitrogens with zero attached hydrogens (tertiary/aromatic N) is 1. The van der Waals surface area contributed by atoms with Crippen LogP contribution in [0.3, 0.4) is 0 Å². The summed E-state index contributed by atoms with van der Waals surface area (Å²) in [6, 6.07) is 25.2. The Labute approximate surface area is 159 Å². The summed E-state index contributed by atoms with van der Waals surface area (Å²) in [4.78, 5) is 6.47. The van der Waals surface area contributed by atoms with Crippen molar-refractivity contribution in [3.8, 4) is 0 Å². The SMILES string of the molecule is CC[C@@]1(c2ccccc2)N=C(c2ccccc2)[C@@H](C)[C@@H](c2cccs2)O1. The zero-order chi connectivity index (χ0) is 18.0. The first-order chi connectivity index (χ1) is 12.7. The van der Waals surface area contributed by atoms with Gasteiger partial charge in [0.15, 0.2) is 5.72 Å². The highest BCUT2D eigenvalue weighted by molar-refractivity contribution is 7.10. The molecule has 0 bridgehead atoms. The number of rotatable bonds is 4. The van der Waals surface area contributed by atoms with Crippen molar-refractivity contribution in [2.24, 2.45) is 10.9 Å². The number of ether oxygens (including phenoxy) is 1. The van der Waals surface area contributed by atoms with Crippen molar-refractivity contribution in [1.29, 1.82) is 0 Å². The minimum Gasteiger partial charge on any atom is -0.340 e. The zero-order valence-corrected chi connectivity index (χ0v) is 15.9. The molecule has 0 unspecified atom stereocenters. The van der Waals surface area contributed by atoms with Crippen molar-refractivity contribution >= 4 is 17.0 Å². The molecular weight excluding hydrogens is 338 g/mol. The maximum absolute atomic E-state index is 6.74. The van der Waals surface area contributed by atoms with Crippen molar-refractivity contribution in [2.75, 3.05) is 0 Å². The van der Waals surface area contributed by atoms with Gasteiger partial charge in [-0.3, -0.25) is 4.99 Å². The Morgan fingerprint density at radius 1 is 0.962 bits per heavy atom. The average molecular weight is 362 g/mol. The first-order valence-corrected chi connectivity index (χ1v) is 10.0. The number of thiophene rings is 1. The lowest BCUT2D eigenvalue weighted by Crippen LogP contribution is -2.39. The van der Waals surface area contributed by atoms with Gasteiger partial charge in [-0.1, -0.05) is 80.6 Å². The third-order valence-electron chi connectivity index (χ3n) is 5.11. The summed E-state index contributed by atoms with van der Waals surface area (Å²) < 4.78 is 6.74. The molecule has 4 rings (SSSR count). The van der Waals surface area contributed by atoms with Gasteiger partial charge in [-0.15, -0.1) is 11.3 Å². The Morgan fingerprint density at radius 2 is 1.65 bits per heavy atom. The lowest BCUT2D eigenvalue weighted by molar-refractivity contribution is -0.119. The standard InChI is InChI=1S/C23H23NOS/c1-3-23(19-13-8-5-9-14-19)24-21(18-11-6-4-7-12-18)17(2)22(25-23)20-15-10-16-26-20/h4-17,22H,3H2,1-2H3/t17-,22+,23-/m1/s1. The molecule has 2 aromatic carbocycles. The van der Waals surface area contributed by atoms with Gasteiger partial charge in [0.1, 0.15) is 6.10 Å². The molecule has 1 aliphatic rings. The molecule has 26 heavy (non-hydrogen) atoms. The summed E-state index contributed by atoms with van der Waals surface area (Å²) in [6.07, 6.45) is 0.796. The topological polar surface area (TPSA) is 21.6 Å². The lowest BCUT2D eigenvalue weighted by Gasteiger charge is -2.41. The fraction of sp³-hybridized carbons (Fsp3) is 0.261. The molecule has 1 aromatic heterocycles. The van der Waals surface area contributed by atoms with E-state index in [1.165, 1.54) is 10.4 Å². The van der Waals surface area contributed by atoms with Crippen LogP contribution in [0.15, 0.2) is 83.2 Å². The van der Waals surface area contributed by atoms with E-state index < -0.39 is 5.72 Å². The second-order valence-electron chi connectivity index (χ2n) is 6.71. The minimum atomic E-state index is -0.645. The van der Waals surface area contributed by atoms with E-state index in [1.807, 2.05) is 6.07 Å². The van der Waals surface area contributed by atoms with Crippen LogP contribution in [0.2, 0.25) is 0 Å². The molecule has 2 heterocycles. The largest absolute Gasteiger partial charge is 0.340 e. The zero-order valence-electron chi connectivity index (χ0n) is 15.1. The van der Waals surface area contributed by atoms with Crippen LogP contribution >= 0.6 is 11.3 Å². The van der Waals surface area contributed by atoms with Gasteiger partial charge in [0.25, 0.3) is 0 Å². The Hall–Kier alpha value is -2.23. The maximum Gasteiger partial charge on any atom is 0.185 e. The van der Waals surface area contributed by atoms with E-state index in [0.29, 0.717) is 0 Å². The Kier molecular flexibility index (Phi) is 4.75. The van der Waals surface area contributed by atoms with Gasteiger partial charge in [-0.2, -0.15) is 0 Å². The predicted octanol–water partition coefficient (Wildman–Crippen LogP) is 6.21. The smallest absolute Gasteiger partial charge is 0.185 e. The summed E-state index contributed by atoms with van der Waals surface area (Å²) in [5.41, 5.74) is 2.78. The van der Waals surface area contributed by atoms with Crippen LogP contribution in [0.4, 0.5) is 0 Å². The number of aliphatic imine (C=N–C) groups is 1. The molecule has 0 spiro atoms. The van der Waals surface area contributed by atoms with Crippen molar-refractivity contribution in [3.63, 3.8) is 0 Å². The van der Waals surface area contributed by atoms with E-state index in [2.05, 4.69) is 86.0 Å². The van der Waals surface area contributed by atoms with Crippen molar-refractivity contribution in [1.82, 2.24) is 0 Å². The summed E-state index contributed by atoms with van der Waals surface area (Å²) in [7, 11) is 0. The number of benzene rings is 2. The van der Waals surface area contributed by atoms with Gasteiger partial charge < -0.3 is 4.74 Å². The first-order valence-electron chi connectivity index (χ1n) is 9.15. The van der Waals surface area contributed by atoms with Crippen LogP contribution in [0.5, 0.6) is 0 Å². The van der Waals surface area contributed by atoms with Gasteiger partial charge in [0.05, 0.1) is 5.71 Å². The van der Waals surface area contributed by atoms with Crippen LogP contribution in [0, 0.1) is 5.92 Å². The summed E-state index contributed by atoms with van der Waals surface area (Å²) in [5.74, 6) is 0.194. The molecule has 0 radical (unpaired) electrons. The molecule has 0 N–H and O–H groups in total. The molecular formula is C23H23NOS. The average Bonchev–Trinajstić information content (AvgIpc) is 3.24. The third-order valence-corrected chi connectivity index (χ3v) is 6.04. The van der Waals surface area contributed by atoms with Crippen molar-refractivity contribution in [3.05, 3.63) is 94.2 Å². The highest BCUT2D eigenvalue weighted by Gasteiger charge is 2.43. The van der Waals surface area contributed by atoms with E-state index in [1.54, 1.807) is 11.3 Å². The van der Waals surface area contributed by atoms with Crippen LogP contribution < -0.4 is 0 Å². The van der Waals surface area contributed by atoms with Gasteiger partial charge in [-0.25, -0.2) is 0 Å². The normalized spacial score (nSPS) is 25.7. The fourth-order valence-electron chi connectivity index (χ4n) is 3.67. The quantitative estimate of drug-likeness (QED) is 0.541. The monoisotopic (exact) mass is 361 g/mol. The van der Waals surface area contributed by atoms with Crippen LogP contribution in [-0.2, 0) is 10.5 Å². The molecule has 132 valence electrons. The number of hydrogen-bond acceptors (Lipinski definition) is 3.